The fourth-order valence-electron chi connectivity index (χ4n) is 2.44. The number of rotatable bonds is 3. The lowest BCUT2D eigenvalue weighted by atomic mass is 9.73. The lowest BCUT2D eigenvalue weighted by Crippen LogP contribution is -2.35. The molecule has 0 spiro atoms. The topological polar surface area (TPSA) is 23.8 Å². The first-order chi connectivity index (χ1) is 7.92. The van der Waals surface area contributed by atoms with Crippen molar-refractivity contribution in [3.8, 4) is 6.07 Å². The molecular formula is C12H17F4N. The maximum absolute atomic E-state index is 13.1. The van der Waals surface area contributed by atoms with Gasteiger partial charge in [0.05, 0.1) is 11.5 Å². The molecule has 0 aromatic rings. The number of hydrogen-bond acceptors (Lipinski definition) is 1. The summed E-state index contributed by atoms with van der Waals surface area (Å²) in [6.45, 7) is 0. The number of nitrogens with zero attached hydrogens (tertiary/aromatic N) is 1. The van der Waals surface area contributed by atoms with Crippen molar-refractivity contribution in [1.82, 2.24) is 0 Å². The Bertz CT molecular complexity index is 275. The van der Waals surface area contributed by atoms with E-state index in [1.165, 1.54) is 0 Å². The van der Waals surface area contributed by atoms with Gasteiger partial charge >= 0.3 is 12.3 Å². The van der Waals surface area contributed by atoms with E-state index in [9.17, 15) is 17.6 Å². The first-order valence-corrected chi connectivity index (χ1v) is 5.99. The molecule has 0 unspecified atom stereocenters. The highest BCUT2D eigenvalue weighted by atomic mass is 19.3. The molecule has 1 saturated carbocycles. The van der Waals surface area contributed by atoms with Gasteiger partial charge in [0.1, 0.15) is 0 Å². The van der Waals surface area contributed by atoms with Crippen molar-refractivity contribution in [2.24, 2.45) is 5.41 Å². The molecule has 0 atom stereocenters. The van der Waals surface area contributed by atoms with Crippen LogP contribution in [0, 0.1) is 16.7 Å². The van der Waals surface area contributed by atoms with Gasteiger partial charge in [-0.15, -0.1) is 0 Å². The van der Waals surface area contributed by atoms with Gasteiger partial charge in [0, 0.05) is 6.42 Å². The summed E-state index contributed by atoms with van der Waals surface area (Å²) in [7, 11) is 0. The van der Waals surface area contributed by atoms with E-state index >= 15 is 0 Å². The van der Waals surface area contributed by atoms with Crippen LogP contribution in [-0.2, 0) is 0 Å². The van der Waals surface area contributed by atoms with Gasteiger partial charge in [-0.2, -0.15) is 5.26 Å². The molecule has 0 aromatic heterocycles. The second-order valence-electron chi connectivity index (χ2n) is 4.90. The zero-order valence-electron chi connectivity index (χ0n) is 9.69. The number of halogens is 4. The Morgan fingerprint density at radius 3 is 1.94 bits per heavy atom. The van der Waals surface area contributed by atoms with Gasteiger partial charge in [-0.25, -0.2) is 17.6 Å². The van der Waals surface area contributed by atoms with Gasteiger partial charge in [-0.1, -0.05) is 32.1 Å². The van der Waals surface area contributed by atoms with Crippen molar-refractivity contribution in [1.29, 1.82) is 5.26 Å². The first kappa shape index (κ1) is 14.3. The molecule has 5 heteroatoms. The van der Waals surface area contributed by atoms with Crippen LogP contribution in [0.1, 0.15) is 51.4 Å². The van der Waals surface area contributed by atoms with Gasteiger partial charge < -0.3 is 0 Å². The predicted molar refractivity (Wildman–Crippen MR) is 55.9 cm³/mol. The summed E-state index contributed by atoms with van der Waals surface area (Å²) in [5.41, 5.74) is -1.26. The molecule has 0 radical (unpaired) electrons. The molecule has 0 amide bonds. The van der Waals surface area contributed by atoms with Crippen LogP contribution in [0.3, 0.4) is 0 Å². The van der Waals surface area contributed by atoms with Gasteiger partial charge in [-0.3, -0.25) is 0 Å². The van der Waals surface area contributed by atoms with Crippen LogP contribution in [0.25, 0.3) is 0 Å². The average molecular weight is 251 g/mol. The first-order valence-electron chi connectivity index (χ1n) is 5.99. The van der Waals surface area contributed by atoms with E-state index in [0.717, 1.165) is 19.3 Å². The van der Waals surface area contributed by atoms with Crippen LogP contribution in [0.15, 0.2) is 0 Å². The third-order valence-electron chi connectivity index (χ3n) is 3.44. The van der Waals surface area contributed by atoms with E-state index < -0.39 is 24.2 Å². The van der Waals surface area contributed by atoms with Crippen molar-refractivity contribution in [2.75, 3.05) is 0 Å². The van der Waals surface area contributed by atoms with Gasteiger partial charge in [0.15, 0.2) is 0 Å². The van der Waals surface area contributed by atoms with Crippen LogP contribution < -0.4 is 0 Å². The molecule has 0 aliphatic heterocycles. The fraction of sp³-hybridized carbons (Fsp3) is 0.917. The average Bonchev–Trinajstić information content (AvgIpc) is 2.22. The van der Waals surface area contributed by atoms with E-state index in [-0.39, 0.29) is 0 Å². The molecule has 1 aliphatic carbocycles. The standard InChI is InChI=1S/C12H17F4N/c13-10(14)12(15,16)8-11(9-17)6-4-2-1-3-5-7-11/h10H,1-8H2. The van der Waals surface area contributed by atoms with Gasteiger partial charge in [-0.05, 0) is 12.8 Å². The monoisotopic (exact) mass is 251 g/mol. The molecule has 1 rings (SSSR count). The Hall–Kier alpha value is -0.790. The minimum Gasteiger partial charge on any atom is -0.204 e. The summed E-state index contributed by atoms with van der Waals surface area (Å²) in [4.78, 5) is 0. The molecule has 0 heterocycles. The molecule has 1 nitrogen and oxygen atoms in total. The highest BCUT2D eigenvalue weighted by molar-refractivity contribution is 5.02. The van der Waals surface area contributed by atoms with E-state index in [1.807, 2.05) is 6.07 Å². The Morgan fingerprint density at radius 2 is 1.53 bits per heavy atom. The summed E-state index contributed by atoms with van der Waals surface area (Å²) in [5, 5.41) is 9.08. The zero-order valence-corrected chi connectivity index (χ0v) is 9.69. The second kappa shape index (κ2) is 5.70. The molecular weight excluding hydrogens is 234 g/mol. The molecule has 17 heavy (non-hydrogen) atoms. The Kier molecular flexibility index (Phi) is 4.79. The van der Waals surface area contributed by atoms with Crippen molar-refractivity contribution >= 4 is 0 Å². The summed E-state index contributed by atoms with van der Waals surface area (Å²) >= 11 is 0. The lowest BCUT2D eigenvalue weighted by molar-refractivity contribution is -0.148. The zero-order chi connectivity index (χ0) is 12.9. The number of hydrogen-bond donors (Lipinski definition) is 0. The van der Waals surface area contributed by atoms with Crippen molar-refractivity contribution in [3.05, 3.63) is 0 Å². The lowest BCUT2D eigenvalue weighted by Gasteiger charge is -2.31. The van der Waals surface area contributed by atoms with Crippen molar-refractivity contribution in [2.45, 2.75) is 63.7 Å². The Labute approximate surface area is 98.8 Å². The van der Waals surface area contributed by atoms with Crippen LogP contribution >= 0.6 is 0 Å². The summed E-state index contributed by atoms with van der Waals surface area (Å²) in [6.07, 6.45) is 0.101. The van der Waals surface area contributed by atoms with Crippen LogP contribution in [0.2, 0.25) is 0 Å². The van der Waals surface area contributed by atoms with Crippen LogP contribution in [-0.4, -0.2) is 12.3 Å². The fourth-order valence-corrected chi connectivity index (χ4v) is 2.44. The quantitative estimate of drug-likeness (QED) is 0.676. The molecule has 1 aliphatic rings. The normalized spacial score (nSPS) is 21.6. The largest absolute Gasteiger partial charge is 0.309 e. The molecule has 0 aromatic carbocycles. The highest BCUT2D eigenvalue weighted by Gasteiger charge is 2.48. The van der Waals surface area contributed by atoms with E-state index in [2.05, 4.69) is 0 Å². The maximum atomic E-state index is 13.1. The number of alkyl halides is 4. The minimum atomic E-state index is -4.05. The maximum Gasteiger partial charge on any atom is 0.309 e. The Balaban J connectivity index is 2.76. The molecule has 0 bridgehead atoms. The summed E-state index contributed by atoms with van der Waals surface area (Å²) < 4.78 is 50.6. The second-order valence-corrected chi connectivity index (χ2v) is 4.90. The van der Waals surface area contributed by atoms with Crippen LogP contribution in [0.5, 0.6) is 0 Å². The minimum absolute atomic E-state index is 0.311. The molecule has 0 saturated heterocycles. The number of nitriles is 1. The Morgan fingerprint density at radius 1 is 1.06 bits per heavy atom. The van der Waals surface area contributed by atoms with Crippen LogP contribution in [0.4, 0.5) is 17.6 Å². The molecule has 98 valence electrons. The van der Waals surface area contributed by atoms with Gasteiger partial charge in [0.2, 0.25) is 0 Å². The van der Waals surface area contributed by atoms with Crippen molar-refractivity contribution in [3.63, 3.8) is 0 Å². The smallest absolute Gasteiger partial charge is 0.204 e. The highest BCUT2D eigenvalue weighted by Crippen LogP contribution is 2.43. The SMILES string of the molecule is N#CC1(CC(F)(F)C(F)F)CCCCCCC1. The van der Waals surface area contributed by atoms with E-state index in [1.54, 1.807) is 0 Å². The van der Waals surface area contributed by atoms with Crippen molar-refractivity contribution < 1.29 is 17.6 Å². The summed E-state index contributed by atoms with van der Waals surface area (Å²) in [5.74, 6) is -4.05. The van der Waals surface area contributed by atoms with E-state index in [0.29, 0.717) is 25.7 Å². The molecule has 1 fully saturated rings. The third-order valence-corrected chi connectivity index (χ3v) is 3.44. The third kappa shape index (κ3) is 3.86. The predicted octanol–water partition coefficient (Wildman–Crippen LogP) is 4.53. The van der Waals surface area contributed by atoms with Gasteiger partial charge in [0.25, 0.3) is 0 Å². The molecule has 0 N–H and O–H groups in total. The summed E-state index contributed by atoms with van der Waals surface area (Å²) in [6, 6.07) is 1.88. The van der Waals surface area contributed by atoms with E-state index in [4.69, 9.17) is 5.26 Å².